The summed E-state index contributed by atoms with van der Waals surface area (Å²) >= 11 is 4.93. The molecule has 0 aliphatic heterocycles. The average Bonchev–Trinajstić information content (AvgIpc) is 3.22. The third-order valence-corrected chi connectivity index (χ3v) is 5.90. The Bertz CT molecular complexity index is 1250. The first kappa shape index (κ1) is 18.2. The van der Waals surface area contributed by atoms with E-state index in [1.165, 1.54) is 15.9 Å². The van der Waals surface area contributed by atoms with Gasteiger partial charge in [-0.25, -0.2) is 9.78 Å². The molecule has 0 amide bonds. The Kier molecular flexibility index (Phi) is 4.77. The van der Waals surface area contributed by atoms with Gasteiger partial charge in [0.25, 0.3) is 5.56 Å². The molecule has 0 unspecified atom stereocenters. The molecular formula is C19H19BrN4O2S. The van der Waals surface area contributed by atoms with E-state index in [2.05, 4.69) is 20.9 Å². The minimum atomic E-state index is -0.271. The maximum atomic E-state index is 13.2. The molecule has 0 atom stereocenters. The Morgan fingerprint density at radius 2 is 1.70 bits per heavy atom. The van der Waals surface area contributed by atoms with Crippen LogP contribution in [0.15, 0.2) is 43.7 Å². The summed E-state index contributed by atoms with van der Waals surface area (Å²) in [5.41, 5.74) is 2.32. The molecule has 0 fully saturated rings. The Morgan fingerprint density at radius 3 is 2.37 bits per heavy atom. The van der Waals surface area contributed by atoms with Gasteiger partial charge < -0.3 is 0 Å². The molecule has 0 aliphatic rings. The molecular weight excluding hydrogens is 428 g/mol. The Morgan fingerprint density at radius 1 is 1.04 bits per heavy atom. The molecule has 0 N–H and O–H groups in total. The molecule has 0 radical (unpaired) electrons. The lowest BCUT2D eigenvalue weighted by molar-refractivity contribution is 0.555. The number of benzene rings is 1. The zero-order valence-electron chi connectivity index (χ0n) is 15.1. The standard InChI is InChI=1S/C19H19BrN4O2S/c1-3-9-22-16-15(17(25)23(10-4-2)19(22)26)24-14(11-27-18(24)21-16)12-5-7-13(20)8-6-12/h5-8,11H,3-4,9-10H2,1-2H3. The second-order valence-electron chi connectivity index (χ2n) is 6.42. The van der Waals surface area contributed by atoms with Gasteiger partial charge in [-0.3, -0.25) is 18.3 Å². The first-order valence-corrected chi connectivity index (χ1v) is 10.6. The molecule has 0 saturated carbocycles. The van der Waals surface area contributed by atoms with Crippen LogP contribution in [0, 0.1) is 0 Å². The number of nitrogens with zero attached hydrogens (tertiary/aromatic N) is 4. The van der Waals surface area contributed by atoms with Crippen molar-refractivity contribution >= 4 is 43.4 Å². The van der Waals surface area contributed by atoms with Gasteiger partial charge in [-0.05, 0) is 30.5 Å². The molecule has 3 heterocycles. The van der Waals surface area contributed by atoms with Crippen LogP contribution in [0.5, 0.6) is 0 Å². The number of hydrogen-bond acceptors (Lipinski definition) is 4. The smallest absolute Gasteiger partial charge is 0.276 e. The molecule has 27 heavy (non-hydrogen) atoms. The Hall–Kier alpha value is -2.19. The summed E-state index contributed by atoms with van der Waals surface area (Å²) in [6, 6.07) is 7.95. The number of rotatable bonds is 5. The van der Waals surface area contributed by atoms with Crippen LogP contribution in [0.25, 0.3) is 27.4 Å². The van der Waals surface area contributed by atoms with E-state index < -0.39 is 0 Å². The molecule has 8 heteroatoms. The Labute approximate surface area is 167 Å². The molecule has 0 bridgehead atoms. The number of fused-ring (bicyclic) bond motifs is 3. The average molecular weight is 447 g/mol. The normalized spacial score (nSPS) is 11.7. The number of aryl methyl sites for hydroxylation is 1. The van der Waals surface area contributed by atoms with Gasteiger partial charge in [-0.15, -0.1) is 11.3 Å². The summed E-state index contributed by atoms with van der Waals surface area (Å²) in [6.07, 6.45) is 1.52. The van der Waals surface area contributed by atoms with E-state index in [0.29, 0.717) is 24.3 Å². The van der Waals surface area contributed by atoms with E-state index in [0.717, 1.165) is 33.5 Å². The third-order valence-electron chi connectivity index (χ3n) is 4.54. The zero-order chi connectivity index (χ0) is 19.1. The van der Waals surface area contributed by atoms with Gasteiger partial charge in [-0.1, -0.05) is 41.9 Å². The summed E-state index contributed by atoms with van der Waals surface area (Å²) in [6.45, 7) is 4.92. The fourth-order valence-corrected chi connectivity index (χ4v) is 4.50. The number of imidazole rings is 1. The van der Waals surface area contributed by atoms with Crippen molar-refractivity contribution in [2.45, 2.75) is 39.8 Å². The molecule has 0 spiro atoms. The number of halogens is 1. The van der Waals surface area contributed by atoms with Crippen molar-refractivity contribution in [3.05, 3.63) is 55.0 Å². The highest BCUT2D eigenvalue weighted by molar-refractivity contribution is 9.10. The van der Waals surface area contributed by atoms with E-state index in [-0.39, 0.29) is 11.2 Å². The summed E-state index contributed by atoms with van der Waals surface area (Å²) in [5, 5.41) is 2.00. The van der Waals surface area contributed by atoms with Crippen LogP contribution in [0.2, 0.25) is 0 Å². The summed E-state index contributed by atoms with van der Waals surface area (Å²) in [7, 11) is 0. The topological polar surface area (TPSA) is 61.3 Å². The highest BCUT2D eigenvalue weighted by Gasteiger charge is 2.21. The van der Waals surface area contributed by atoms with Crippen molar-refractivity contribution in [1.82, 2.24) is 18.5 Å². The fourth-order valence-electron chi connectivity index (χ4n) is 3.35. The second kappa shape index (κ2) is 7.09. The van der Waals surface area contributed by atoms with Crippen molar-refractivity contribution in [1.29, 1.82) is 0 Å². The quantitative estimate of drug-likeness (QED) is 0.463. The van der Waals surface area contributed by atoms with E-state index >= 15 is 0 Å². The predicted octanol–water partition coefficient (Wildman–Crippen LogP) is 4.12. The minimum Gasteiger partial charge on any atom is -0.276 e. The number of aromatic nitrogens is 4. The predicted molar refractivity (Wildman–Crippen MR) is 113 cm³/mol. The summed E-state index contributed by atoms with van der Waals surface area (Å²) in [5.74, 6) is 0. The Balaban J connectivity index is 2.13. The largest absolute Gasteiger partial charge is 0.332 e. The van der Waals surface area contributed by atoms with Crippen LogP contribution < -0.4 is 11.2 Å². The lowest BCUT2D eigenvalue weighted by Crippen LogP contribution is -2.40. The van der Waals surface area contributed by atoms with Crippen molar-refractivity contribution in [3.63, 3.8) is 0 Å². The highest BCUT2D eigenvalue weighted by Crippen LogP contribution is 2.29. The zero-order valence-corrected chi connectivity index (χ0v) is 17.5. The summed E-state index contributed by atoms with van der Waals surface area (Å²) in [4.78, 5) is 31.4. The van der Waals surface area contributed by atoms with Gasteiger partial charge in [0.2, 0.25) is 0 Å². The third kappa shape index (κ3) is 2.87. The molecule has 3 aromatic heterocycles. The van der Waals surface area contributed by atoms with Crippen LogP contribution >= 0.6 is 27.3 Å². The molecule has 140 valence electrons. The maximum absolute atomic E-state index is 13.2. The van der Waals surface area contributed by atoms with Crippen LogP contribution in [0.3, 0.4) is 0 Å². The van der Waals surface area contributed by atoms with Crippen LogP contribution in [0.1, 0.15) is 26.7 Å². The lowest BCUT2D eigenvalue weighted by Gasteiger charge is -2.10. The van der Waals surface area contributed by atoms with Gasteiger partial charge in [-0.2, -0.15) is 0 Å². The molecule has 4 aromatic rings. The van der Waals surface area contributed by atoms with Crippen molar-refractivity contribution < 1.29 is 0 Å². The monoisotopic (exact) mass is 446 g/mol. The first-order chi connectivity index (χ1) is 13.1. The van der Waals surface area contributed by atoms with Crippen molar-refractivity contribution in [2.24, 2.45) is 0 Å². The molecule has 4 rings (SSSR count). The van der Waals surface area contributed by atoms with Crippen molar-refractivity contribution in [3.8, 4) is 11.3 Å². The van der Waals surface area contributed by atoms with E-state index in [9.17, 15) is 9.59 Å². The van der Waals surface area contributed by atoms with Crippen LogP contribution in [-0.4, -0.2) is 18.5 Å². The van der Waals surface area contributed by atoms with E-state index in [1.807, 2.05) is 47.9 Å². The fraction of sp³-hybridized carbons (Fsp3) is 0.316. The number of thiazole rings is 1. The summed E-state index contributed by atoms with van der Waals surface area (Å²) < 4.78 is 5.87. The molecule has 6 nitrogen and oxygen atoms in total. The van der Waals surface area contributed by atoms with Crippen LogP contribution in [0.4, 0.5) is 0 Å². The maximum Gasteiger partial charge on any atom is 0.332 e. The highest BCUT2D eigenvalue weighted by atomic mass is 79.9. The van der Waals surface area contributed by atoms with Crippen LogP contribution in [-0.2, 0) is 13.1 Å². The van der Waals surface area contributed by atoms with Gasteiger partial charge >= 0.3 is 5.69 Å². The van der Waals surface area contributed by atoms with Crippen molar-refractivity contribution in [2.75, 3.05) is 0 Å². The first-order valence-electron chi connectivity index (χ1n) is 8.96. The second-order valence-corrected chi connectivity index (χ2v) is 8.17. The van der Waals surface area contributed by atoms with E-state index in [1.54, 1.807) is 4.57 Å². The van der Waals surface area contributed by atoms with E-state index in [4.69, 9.17) is 0 Å². The van der Waals surface area contributed by atoms with Gasteiger partial charge in [0.1, 0.15) is 0 Å². The lowest BCUT2D eigenvalue weighted by atomic mass is 10.2. The molecule has 0 aliphatic carbocycles. The minimum absolute atomic E-state index is 0.270. The molecule has 0 saturated heterocycles. The SMILES string of the molecule is CCCn1c(=O)c2c(nc3scc(-c4ccc(Br)cc4)n32)n(CCC)c1=O. The van der Waals surface area contributed by atoms with Gasteiger partial charge in [0.15, 0.2) is 16.1 Å². The number of hydrogen-bond donors (Lipinski definition) is 0. The van der Waals surface area contributed by atoms with Gasteiger partial charge in [0.05, 0.1) is 5.69 Å². The molecule has 1 aromatic carbocycles. The van der Waals surface area contributed by atoms with Gasteiger partial charge in [0, 0.05) is 22.9 Å².